The first kappa shape index (κ1) is 5.72. The first-order chi connectivity index (χ1) is 4.26. The van der Waals surface area contributed by atoms with Crippen LogP contribution in [0.3, 0.4) is 0 Å². The zero-order chi connectivity index (χ0) is 6.48. The maximum absolute atomic E-state index is 3.61. The van der Waals surface area contributed by atoms with Crippen molar-refractivity contribution in [2.24, 2.45) is 11.8 Å². The second-order valence-corrected chi connectivity index (χ2v) is 3.81. The monoisotopic (exact) mass is 125 g/mol. The number of hydrogen-bond acceptors (Lipinski definition) is 1. The van der Waals surface area contributed by atoms with E-state index in [2.05, 4.69) is 19.2 Å². The molecule has 2 atom stereocenters. The zero-order valence-corrected chi connectivity index (χ0v) is 6.28. The molecule has 9 heavy (non-hydrogen) atoms. The van der Waals surface area contributed by atoms with Crippen LogP contribution in [0.1, 0.15) is 26.7 Å². The number of fused-ring (bicyclic) bond motifs is 1. The topological polar surface area (TPSA) is 12.0 Å². The Morgan fingerprint density at radius 1 is 1.56 bits per heavy atom. The first-order valence-corrected chi connectivity index (χ1v) is 4.01. The third-order valence-electron chi connectivity index (χ3n) is 3.13. The largest absolute Gasteiger partial charge is 0.311 e. The Morgan fingerprint density at radius 3 is 2.56 bits per heavy atom. The lowest BCUT2D eigenvalue weighted by molar-refractivity contribution is 0.405. The van der Waals surface area contributed by atoms with Crippen LogP contribution in [0, 0.1) is 11.8 Å². The van der Waals surface area contributed by atoms with Crippen molar-refractivity contribution in [2.75, 3.05) is 6.54 Å². The summed E-state index contributed by atoms with van der Waals surface area (Å²) in [6.45, 7) is 5.93. The SMILES string of the molecule is CC(C)C12CC1CCN2. The van der Waals surface area contributed by atoms with Gasteiger partial charge in [-0.3, -0.25) is 0 Å². The molecular formula is C8H15N. The number of hydrogen-bond donors (Lipinski definition) is 1. The summed E-state index contributed by atoms with van der Waals surface area (Å²) in [6, 6.07) is 0. The predicted molar refractivity (Wildman–Crippen MR) is 38.3 cm³/mol. The van der Waals surface area contributed by atoms with Crippen LogP contribution in [-0.2, 0) is 0 Å². The molecule has 0 aromatic carbocycles. The normalized spacial score (nSPS) is 47.7. The van der Waals surface area contributed by atoms with Crippen molar-refractivity contribution in [3.05, 3.63) is 0 Å². The quantitative estimate of drug-likeness (QED) is 0.558. The summed E-state index contributed by atoms with van der Waals surface area (Å²) < 4.78 is 0. The first-order valence-electron chi connectivity index (χ1n) is 4.01. The van der Waals surface area contributed by atoms with Crippen molar-refractivity contribution in [1.82, 2.24) is 5.32 Å². The second kappa shape index (κ2) is 1.51. The van der Waals surface area contributed by atoms with Gasteiger partial charge in [-0.15, -0.1) is 0 Å². The summed E-state index contributed by atoms with van der Waals surface area (Å²) >= 11 is 0. The smallest absolute Gasteiger partial charge is 0.0237 e. The van der Waals surface area contributed by atoms with Crippen LogP contribution >= 0.6 is 0 Å². The van der Waals surface area contributed by atoms with Crippen molar-refractivity contribution >= 4 is 0 Å². The summed E-state index contributed by atoms with van der Waals surface area (Å²) in [5.74, 6) is 1.89. The molecule has 1 aliphatic heterocycles. The van der Waals surface area contributed by atoms with Gasteiger partial charge in [0, 0.05) is 5.54 Å². The molecule has 1 heteroatoms. The Bertz CT molecular complexity index is 127. The van der Waals surface area contributed by atoms with Gasteiger partial charge in [0.05, 0.1) is 0 Å². The van der Waals surface area contributed by atoms with E-state index in [1.54, 1.807) is 0 Å². The van der Waals surface area contributed by atoms with E-state index in [1.807, 2.05) is 0 Å². The molecule has 1 aliphatic carbocycles. The molecule has 0 amide bonds. The molecule has 2 fully saturated rings. The van der Waals surface area contributed by atoms with Gasteiger partial charge in [-0.05, 0) is 31.2 Å². The van der Waals surface area contributed by atoms with Crippen molar-refractivity contribution < 1.29 is 0 Å². The predicted octanol–water partition coefficient (Wildman–Crippen LogP) is 1.39. The summed E-state index contributed by atoms with van der Waals surface area (Å²) in [6.07, 6.45) is 2.88. The molecule has 1 nitrogen and oxygen atoms in total. The number of piperidine rings is 1. The number of nitrogens with one attached hydrogen (secondary N) is 1. The minimum atomic E-state index is 0.611. The Hall–Kier alpha value is -0.0400. The second-order valence-electron chi connectivity index (χ2n) is 3.81. The summed E-state index contributed by atoms with van der Waals surface area (Å²) in [5, 5.41) is 3.61. The van der Waals surface area contributed by atoms with E-state index < -0.39 is 0 Å². The fourth-order valence-corrected chi connectivity index (χ4v) is 2.32. The highest BCUT2D eigenvalue weighted by Gasteiger charge is 2.58. The van der Waals surface area contributed by atoms with Crippen LogP contribution in [0.5, 0.6) is 0 Å². The fourth-order valence-electron chi connectivity index (χ4n) is 2.32. The molecule has 0 aromatic rings. The highest BCUT2D eigenvalue weighted by Crippen LogP contribution is 2.53. The van der Waals surface area contributed by atoms with E-state index in [0.29, 0.717) is 5.54 Å². The number of rotatable bonds is 1. The van der Waals surface area contributed by atoms with Gasteiger partial charge in [-0.2, -0.15) is 0 Å². The highest BCUT2D eigenvalue weighted by atomic mass is 15.1. The third-order valence-corrected chi connectivity index (χ3v) is 3.13. The fraction of sp³-hybridized carbons (Fsp3) is 1.00. The molecule has 0 spiro atoms. The third kappa shape index (κ3) is 0.586. The molecule has 0 bridgehead atoms. The maximum atomic E-state index is 3.61. The molecule has 0 aromatic heterocycles. The van der Waals surface area contributed by atoms with Gasteiger partial charge in [-0.25, -0.2) is 0 Å². The molecule has 52 valence electrons. The van der Waals surface area contributed by atoms with E-state index in [-0.39, 0.29) is 0 Å². The van der Waals surface area contributed by atoms with E-state index in [9.17, 15) is 0 Å². The zero-order valence-electron chi connectivity index (χ0n) is 6.28. The minimum Gasteiger partial charge on any atom is -0.311 e. The average molecular weight is 125 g/mol. The van der Waals surface area contributed by atoms with E-state index in [1.165, 1.54) is 19.4 Å². The molecule has 1 saturated carbocycles. The van der Waals surface area contributed by atoms with Crippen molar-refractivity contribution in [2.45, 2.75) is 32.2 Å². The Labute approximate surface area is 56.8 Å². The molecule has 2 rings (SSSR count). The van der Waals surface area contributed by atoms with E-state index >= 15 is 0 Å². The molecule has 2 aliphatic rings. The van der Waals surface area contributed by atoms with Crippen LogP contribution < -0.4 is 5.32 Å². The standard InChI is InChI=1S/C8H15N/c1-6(2)8-5-7(8)3-4-9-8/h6-7,9H,3-5H2,1-2H3. The summed E-state index contributed by atoms with van der Waals surface area (Å²) in [5.41, 5.74) is 0.611. The van der Waals surface area contributed by atoms with Gasteiger partial charge in [-0.1, -0.05) is 13.8 Å². The molecule has 1 saturated heterocycles. The lowest BCUT2D eigenvalue weighted by Gasteiger charge is -2.17. The van der Waals surface area contributed by atoms with E-state index in [4.69, 9.17) is 0 Å². The van der Waals surface area contributed by atoms with Crippen molar-refractivity contribution in [3.8, 4) is 0 Å². The van der Waals surface area contributed by atoms with Crippen LogP contribution in [0.15, 0.2) is 0 Å². The Morgan fingerprint density at radius 2 is 2.33 bits per heavy atom. The Kier molecular flexibility index (Phi) is 0.963. The van der Waals surface area contributed by atoms with Gasteiger partial charge in [0.15, 0.2) is 0 Å². The molecule has 1 N–H and O–H groups in total. The van der Waals surface area contributed by atoms with Gasteiger partial charge in [0.25, 0.3) is 0 Å². The summed E-state index contributed by atoms with van der Waals surface area (Å²) in [7, 11) is 0. The van der Waals surface area contributed by atoms with Gasteiger partial charge >= 0.3 is 0 Å². The van der Waals surface area contributed by atoms with Gasteiger partial charge < -0.3 is 5.32 Å². The summed E-state index contributed by atoms with van der Waals surface area (Å²) in [4.78, 5) is 0. The van der Waals surface area contributed by atoms with Crippen LogP contribution in [-0.4, -0.2) is 12.1 Å². The lowest BCUT2D eigenvalue weighted by Crippen LogP contribution is -2.33. The van der Waals surface area contributed by atoms with E-state index in [0.717, 1.165) is 11.8 Å². The van der Waals surface area contributed by atoms with Crippen LogP contribution in [0.2, 0.25) is 0 Å². The lowest BCUT2D eigenvalue weighted by atomic mass is 10.0. The highest BCUT2D eigenvalue weighted by molar-refractivity contribution is 5.15. The Balaban J connectivity index is 2.10. The molecular weight excluding hydrogens is 110 g/mol. The van der Waals surface area contributed by atoms with Gasteiger partial charge in [0.2, 0.25) is 0 Å². The van der Waals surface area contributed by atoms with Crippen LogP contribution in [0.25, 0.3) is 0 Å². The van der Waals surface area contributed by atoms with Gasteiger partial charge in [0.1, 0.15) is 0 Å². The minimum absolute atomic E-state index is 0.611. The molecule has 1 heterocycles. The van der Waals surface area contributed by atoms with Crippen LogP contribution in [0.4, 0.5) is 0 Å². The molecule has 2 unspecified atom stereocenters. The maximum Gasteiger partial charge on any atom is 0.0237 e. The van der Waals surface area contributed by atoms with Crippen molar-refractivity contribution in [3.63, 3.8) is 0 Å². The van der Waals surface area contributed by atoms with Crippen molar-refractivity contribution in [1.29, 1.82) is 0 Å². The molecule has 0 radical (unpaired) electrons. The average Bonchev–Trinajstić information content (AvgIpc) is 2.38.